The van der Waals surface area contributed by atoms with Gasteiger partial charge in [0.05, 0.1) is 0 Å². The van der Waals surface area contributed by atoms with Gasteiger partial charge in [-0.2, -0.15) is 10.2 Å². The number of nitrogens with zero attached hydrogens (tertiary/aromatic N) is 3. The molecule has 0 saturated carbocycles. The smallest absolute Gasteiger partial charge is 0.269 e. The Kier molecular flexibility index (Phi) is 6.71. The molecule has 2 aromatic heterocycles. The second-order valence-corrected chi connectivity index (χ2v) is 9.43. The Balaban J connectivity index is 1.77. The molecule has 0 atom stereocenters. The van der Waals surface area contributed by atoms with Crippen molar-refractivity contribution in [2.24, 2.45) is 0 Å². The summed E-state index contributed by atoms with van der Waals surface area (Å²) in [6.07, 6.45) is 2.79. The fourth-order valence-electron chi connectivity index (χ4n) is 3.63. The van der Waals surface area contributed by atoms with Crippen LogP contribution in [0.4, 0.5) is 5.69 Å². The van der Waals surface area contributed by atoms with Crippen molar-refractivity contribution in [3.8, 4) is 17.7 Å². The number of fused-ring (bicyclic) bond motifs is 1. The normalized spacial score (nSPS) is 11.7. The topological polar surface area (TPSA) is 96.5 Å². The van der Waals surface area contributed by atoms with Crippen LogP contribution in [-0.4, -0.2) is 15.3 Å². The molecule has 0 spiro atoms. The van der Waals surface area contributed by atoms with Crippen molar-refractivity contribution in [3.63, 3.8) is 0 Å². The number of rotatable bonds is 5. The molecule has 0 aliphatic carbocycles. The molecule has 1 amide bonds. The lowest BCUT2D eigenvalue weighted by Gasteiger charge is -2.19. The first-order chi connectivity index (χ1) is 17.2. The number of hydrogen-bond acceptors (Lipinski definition) is 5. The quantitative estimate of drug-likeness (QED) is 0.296. The number of benzene rings is 2. The number of aryl methyl sites for hydroxylation is 1. The molecular formula is C29H26N4O3. The molecular weight excluding hydrogens is 452 g/mol. The highest BCUT2D eigenvalue weighted by Crippen LogP contribution is 2.28. The molecule has 1 N–H and O–H groups in total. The lowest BCUT2D eigenvalue weighted by atomic mass is 9.87. The number of hydrogen-bond donors (Lipinski definition) is 1. The molecule has 0 radical (unpaired) electrons. The minimum Gasteiger partial charge on any atom is -0.438 e. The van der Waals surface area contributed by atoms with E-state index in [1.54, 1.807) is 54.7 Å². The van der Waals surface area contributed by atoms with Crippen LogP contribution in [0.5, 0.6) is 11.6 Å². The van der Waals surface area contributed by atoms with E-state index in [4.69, 9.17) is 4.74 Å². The molecule has 180 valence electrons. The van der Waals surface area contributed by atoms with Crippen LogP contribution in [0.3, 0.4) is 0 Å². The molecule has 0 saturated heterocycles. The minimum absolute atomic E-state index is 0.00506. The third-order valence-electron chi connectivity index (χ3n) is 5.60. The highest BCUT2D eigenvalue weighted by Gasteiger charge is 2.18. The van der Waals surface area contributed by atoms with E-state index in [0.717, 1.165) is 11.1 Å². The standard InChI is InChI=1S/C29H26N4O3/c1-19-8-7-9-22(16-19)31-26(34)20(18-30)17-24-27(32-25-10-5-6-15-33(25)28(24)35)36-23-13-11-21(12-14-23)29(2,3)4/h5-17H,1-4H3,(H,31,34)/b20-17+. The maximum atomic E-state index is 13.4. The lowest BCUT2D eigenvalue weighted by Crippen LogP contribution is -2.20. The van der Waals surface area contributed by atoms with Crippen molar-refractivity contribution in [2.45, 2.75) is 33.1 Å². The molecule has 0 aliphatic rings. The van der Waals surface area contributed by atoms with Crippen molar-refractivity contribution < 1.29 is 9.53 Å². The monoisotopic (exact) mass is 478 g/mol. The van der Waals surface area contributed by atoms with Gasteiger partial charge in [0.15, 0.2) is 0 Å². The summed E-state index contributed by atoms with van der Waals surface area (Å²) in [5, 5.41) is 12.4. The van der Waals surface area contributed by atoms with E-state index < -0.39 is 11.5 Å². The van der Waals surface area contributed by atoms with E-state index in [-0.39, 0.29) is 22.4 Å². The summed E-state index contributed by atoms with van der Waals surface area (Å²) in [6, 6.07) is 21.8. The maximum Gasteiger partial charge on any atom is 0.269 e. The summed E-state index contributed by atoms with van der Waals surface area (Å²) in [7, 11) is 0. The fraction of sp³-hybridized carbons (Fsp3) is 0.172. The number of pyridine rings is 1. The van der Waals surface area contributed by atoms with Gasteiger partial charge in [0.25, 0.3) is 11.5 Å². The van der Waals surface area contributed by atoms with E-state index in [2.05, 4.69) is 31.1 Å². The third-order valence-corrected chi connectivity index (χ3v) is 5.60. The largest absolute Gasteiger partial charge is 0.438 e. The van der Waals surface area contributed by atoms with Crippen LogP contribution >= 0.6 is 0 Å². The molecule has 4 aromatic rings. The second-order valence-electron chi connectivity index (χ2n) is 9.43. The maximum absolute atomic E-state index is 13.4. The van der Waals surface area contributed by atoms with Crippen molar-refractivity contribution in [2.75, 3.05) is 5.32 Å². The molecule has 2 aromatic carbocycles. The molecule has 36 heavy (non-hydrogen) atoms. The van der Waals surface area contributed by atoms with Gasteiger partial charge in [0, 0.05) is 11.9 Å². The zero-order valence-corrected chi connectivity index (χ0v) is 20.6. The van der Waals surface area contributed by atoms with Gasteiger partial charge in [0.2, 0.25) is 5.88 Å². The molecule has 4 rings (SSSR count). The van der Waals surface area contributed by atoms with Gasteiger partial charge < -0.3 is 10.1 Å². The molecule has 0 aliphatic heterocycles. The number of nitrogens with one attached hydrogen (secondary N) is 1. The Bertz CT molecular complexity index is 1570. The molecule has 0 unspecified atom stereocenters. The van der Waals surface area contributed by atoms with Crippen molar-refractivity contribution in [1.82, 2.24) is 9.38 Å². The summed E-state index contributed by atoms with van der Waals surface area (Å²) in [6.45, 7) is 8.24. The Hall–Kier alpha value is -4.70. The molecule has 0 fully saturated rings. The van der Waals surface area contributed by atoms with Crippen molar-refractivity contribution >= 4 is 23.3 Å². The number of aromatic nitrogens is 2. The molecule has 2 heterocycles. The van der Waals surface area contributed by atoms with E-state index in [1.807, 2.05) is 31.2 Å². The molecule has 7 nitrogen and oxygen atoms in total. The molecule has 7 heteroatoms. The number of anilines is 1. The number of amides is 1. The van der Waals surface area contributed by atoms with Gasteiger partial charge in [-0.25, -0.2) is 0 Å². The summed E-state index contributed by atoms with van der Waals surface area (Å²) in [5.74, 6) is -0.153. The summed E-state index contributed by atoms with van der Waals surface area (Å²) >= 11 is 0. The van der Waals surface area contributed by atoms with Crippen molar-refractivity contribution in [1.29, 1.82) is 5.26 Å². The Morgan fingerprint density at radius 1 is 1.08 bits per heavy atom. The van der Waals surface area contributed by atoms with E-state index in [0.29, 0.717) is 17.1 Å². The number of nitriles is 1. The lowest BCUT2D eigenvalue weighted by molar-refractivity contribution is -0.112. The van der Waals surface area contributed by atoms with Crippen LogP contribution < -0.4 is 15.6 Å². The van der Waals surface area contributed by atoms with Crippen LogP contribution in [0.1, 0.15) is 37.5 Å². The van der Waals surface area contributed by atoms with E-state index >= 15 is 0 Å². The SMILES string of the molecule is Cc1cccc(NC(=O)/C(C#N)=C/c2c(Oc3ccc(C(C)(C)C)cc3)nc3ccccn3c2=O)c1. The third kappa shape index (κ3) is 5.34. The van der Waals surface area contributed by atoms with Gasteiger partial charge in [-0.05, 0) is 65.9 Å². The highest BCUT2D eigenvalue weighted by atomic mass is 16.5. The fourth-order valence-corrected chi connectivity index (χ4v) is 3.63. The Morgan fingerprint density at radius 2 is 1.83 bits per heavy atom. The first kappa shape index (κ1) is 24.4. The number of carbonyl (C=O) groups excluding carboxylic acids is 1. The second kappa shape index (κ2) is 9.88. The zero-order valence-electron chi connectivity index (χ0n) is 20.6. The summed E-state index contributed by atoms with van der Waals surface area (Å²) < 4.78 is 7.36. The van der Waals surface area contributed by atoms with Gasteiger partial charge >= 0.3 is 0 Å². The summed E-state index contributed by atoms with van der Waals surface area (Å²) in [4.78, 5) is 30.7. The first-order valence-electron chi connectivity index (χ1n) is 11.5. The van der Waals surface area contributed by atoms with Crippen LogP contribution in [0, 0.1) is 18.3 Å². The predicted octanol–water partition coefficient (Wildman–Crippen LogP) is 5.64. The first-order valence-corrected chi connectivity index (χ1v) is 11.5. The van der Waals surface area contributed by atoms with E-state index in [9.17, 15) is 14.9 Å². The van der Waals surface area contributed by atoms with Gasteiger partial charge in [-0.15, -0.1) is 0 Å². The van der Waals surface area contributed by atoms with Gasteiger partial charge in [-0.3, -0.25) is 14.0 Å². The zero-order chi connectivity index (χ0) is 25.9. The van der Waals surface area contributed by atoms with Crippen LogP contribution in [0.15, 0.2) is 83.3 Å². The predicted molar refractivity (Wildman–Crippen MR) is 140 cm³/mol. The van der Waals surface area contributed by atoms with E-state index in [1.165, 1.54) is 10.5 Å². The Morgan fingerprint density at radius 3 is 2.50 bits per heavy atom. The number of carbonyl (C=O) groups is 1. The Labute approximate surface area is 209 Å². The minimum atomic E-state index is -0.638. The molecule has 0 bridgehead atoms. The average Bonchev–Trinajstić information content (AvgIpc) is 2.84. The van der Waals surface area contributed by atoms with Crippen LogP contribution in [-0.2, 0) is 10.2 Å². The average molecular weight is 479 g/mol. The number of ether oxygens (including phenoxy) is 1. The van der Waals surface area contributed by atoms with Gasteiger partial charge in [0.1, 0.15) is 28.6 Å². The highest BCUT2D eigenvalue weighted by molar-refractivity contribution is 6.09. The van der Waals surface area contributed by atoms with Crippen LogP contribution in [0.25, 0.3) is 11.7 Å². The van der Waals surface area contributed by atoms with Crippen LogP contribution in [0.2, 0.25) is 0 Å². The summed E-state index contributed by atoms with van der Waals surface area (Å²) in [5.41, 5.74) is 2.26. The van der Waals surface area contributed by atoms with Gasteiger partial charge in [-0.1, -0.05) is 51.1 Å². The van der Waals surface area contributed by atoms with Crippen molar-refractivity contribution in [3.05, 3.63) is 106 Å².